The van der Waals surface area contributed by atoms with Crippen molar-refractivity contribution < 1.29 is 18.0 Å². The Balaban J connectivity index is 1.62. The van der Waals surface area contributed by atoms with Gasteiger partial charge in [-0.2, -0.15) is 13.2 Å². The zero-order valence-electron chi connectivity index (χ0n) is 12.1. The van der Waals surface area contributed by atoms with Crippen LogP contribution in [-0.4, -0.2) is 15.9 Å². The third kappa shape index (κ3) is 3.85. The van der Waals surface area contributed by atoms with Crippen molar-refractivity contribution in [3.05, 3.63) is 59.2 Å². The highest BCUT2D eigenvalue weighted by atomic mass is 19.4. The fraction of sp³-hybridized carbons (Fsp3) is 0.312. The van der Waals surface area contributed by atoms with Crippen LogP contribution in [0.15, 0.2) is 36.8 Å². The number of carbonyl (C=O) groups is 1. The number of pyridine rings is 2. The number of hydrogen-bond donors (Lipinski definition) is 1. The Morgan fingerprint density at radius 1 is 1.22 bits per heavy atom. The first-order valence-corrected chi connectivity index (χ1v) is 7.19. The minimum atomic E-state index is -4.51. The third-order valence-electron chi connectivity index (χ3n) is 3.63. The van der Waals surface area contributed by atoms with Gasteiger partial charge in [-0.05, 0) is 42.0 Å². The molecule has 23 heavy (non-hydrogen) atoms. The molecule has 0 saturated heterocycles. The van der Waals surface area contributed by atoms with Gasteiger partial charge in [-0.3, -0.25) is 14.8 Å². The SMILES string of the molecule is O=C(NCc1cncc(C2CC2)c1)c1ccc(C(F)(F)F)nc1. The number of carbonyl (C=O) groups excluding carboxylic acids is 1. The second-order valence-electron chi connectivity index (χ2n) is 5.51. The van der Waals surface area contributed by atoms with E-state index in [0.717, 1.165) is 42.3 Å². The summed E-state index contributed by atoms with van der Waals surface area (Å²) in [5.41, 5.74) is 1.09. The lowest BCUT2D eigenvalue weighted by Crippen LogP contribution is -2.23. The van der Waals surface area contributed by atoms with Gasteiger partial charge in [0.1, 0.15) is 5.69 Å². The van der Waals surface area contributed by atoms with Crippen molar-refractivity contribution in [2.45, 2.75) is 31.5 Å². The summed E-state index contributed by atoms with van der Waals surface area (Å²) in [5.74, 6) is 0.0975. The minimum absolute atomic E-state index is 0.0873. The normalized spacial score (nSPS) is 14.6. The first-order chi connectivity index (χ1) is 10.9. The highest BCUT2D eigenvalue weighted by molar-refractivity contribution is 5.93. The lowest BCUT2D eigenvalue weighted by atomic mass is 10.1. The molecule has 0 aromatic carbocycles. The van der Waals surface area contributed by atoms with Gasteiger partial charge in [-0.1, -0.05) is 6.07 Å². The number of rotatable bonds is 4. The van der Waals surface area contributed by atoms with E-state index in [1.54, 1.807) is 6.20 Å². The molecule has 1 amide bonds. The fourth-order valence-electron chi connectivity index (χ4n) is 2.22. The summed E-state index contributed by atoms with van der Waals surface area (Å²) in [7, 11) is 0. The molecule has 1 fully saturated rings. The van der Waals surface area contributed by atoms with Gasteiger partial charge >= 0.3 is 6.18 Å². The standard InChI is InChI=1S/C16H14F3N3O/c17-16(18,19)14-4-3-12(9-21-14)15(23)22-7-10-5-13(8-20-6-10)11-1-2-11/h3-6,8-9,11H,1-2,7H2,(H,22,23). The fourth-order valence-corrected chi connectivity index (χ4v) is 2.22. The lowest BCUT2D eigenvalue weighted by Gasteiger charge is -2.08. The second kappa shape index (κ2) is 5.98. The number of aromatic nitrogens is 2. The molecule has 0 radical (unpaired) electrons. The van der Waals surface area contributed by atoms with Crippen molar-refractivity contribution in [3.63, 3.8) is 0 Å². The van der Waals surface area contributed by atoms with Crippen molar-refractivity contribution in [1.82, 2.24) is 15.3 Å². The predicted octanol–water partition coefficient (Wildman–Crippen LogP) is 3.30. The lowest BCUT2D eigenvalue weighted by molar-refractivity contribution is -0.141. The van der Waals surface area contributed by atoms with Crippen molar-refractivity contribution in [2.24, 2.45) is 0 Å². The van der Waals surface area contributed by atoms with Crippen LogP contribution in [0.3, 0.4) is 0 Å². The van der Waals surface area contributed by atoms with E-state index in [4.69, 9.17) is 0 Å². The van der Waals surface area contributed by atoms with Gasteiger partial charge in [0.05, 0.1) is 5.56 Å². The minimum Gasteiger partial charge on any atom is -0.348 e. The molecule has 7 heteroatoms. The Kier molecular flexibility index (Phi) is 4.02. The molecule has 3 rings (SSSR count). The van der Waals surface area contributed by atoms with E-state index in [1.165, 1.54) is 0 Å². The first kappa shape index (κ1) is 15.5. The molecule has 4 nitrogen and oxygen atoms in total. The molecule has 0 spiro atoms. The van der Waals surface area contributed by atoms with E-state index >= 15 is 0 Å². The number of nitrogens with zero attached hydrogens (tertiary/aromatic N) is 2. The predicted molar refractivity (Wildman–Crippen MR) is 76.6 cm³/mol. The smallest absolute Gasteiger partial charge is 0.348 e. The summed E-state index contributed by atoms with van der Waals surface area (Å²) in [6, 6.07) is 3.91. The molecule has 0 bridgehead atoms. The zero-order valence-corrected chi connectivity index (χ0v) is 12.1. The van der Waals surface area contributed by atoms with Gasteiger partial charge in [0.15, 0.2) is 0 Å². The van der Waals surface area contributed by atoms with Crippen LogP contribution in [0.25, 0.3) is 0 Å². The average Bonchev–Trinajstić information content (AvgIpc) is 3.37. The Morgan fingerprint density at radius 3 is 2.61 bits per heavy atom. The molecular weight excluding hydrogens is 307 g/mol. The Labute approximate surface area is 130 Å². The summed E-state index contributed by atoms with van der Waals surface area (Å²) in [4.78, 5) is 19.4. The molecular formula is C16H14F3N3O. The van der Waals surface area contributed by atoms with Crippen LogP contribution in [0.4, 0.5) is 13.2 Å². The van der Waals surface area contributed by atoms with Crippen LogP contribution in [0, 0.1) is 0 Å². The van der Waals surface area contributed by atoms with Crippen molar-refractivity contribution in [3.8, 4) is 0 Å². The number of hydrogen-bond acceptors (Lipinski definition) is 3. The molecule has 2 aromatic rings. The molecule has 0 unspecified atom stereocenters. The molecule has 1 aliphatic carbocycles. The van der Waals surface area contributed by atoms with Crippen molar-refractivity contribution >= 4 is 5.91 Å². The Morgan fingerprint density at radius 2 is 2.00 bits per heavy atom. The highest BCUT2D eigenvalue weighted by Gasteiger charge is 2.32. The van der Waals surface area contributed by atoms with Crippen LogP contribution in [0.5, 0.6) is 0 Å². The molecule has 1 saturated carbocycles. The Bertz CT molecular complexity index is 709. The molecule has 1 N–H and O–H groups in total. The van der Waals surface area contributed by atoms with Gasteiger partial charge in [-0.25, -0.2) is 0 Å². The first-order valence-electron chi connectivity index (χ1n) is 7.19. The maximum absolute atomic E-state index is 12.4. The van der Waals surface area contributed by atoms with E-state index in [1.807, 2.05) is 12.3 Å². The summed E-state index contributed by atoms with van der Waals surface area (Å²) in [6.07, 6.45) is 2.23. The monoisotopic (exact) mass is 321 g/mol. The van der Waals surface area contributed by atoms with Gasteiger partial charge < -0.3 is 5.32 Å². The number of nitrogens with one attached hydrogen (secondary N) is 1. The largest absolute Gasteiger partial charge is 0.433 e. The van der Waals surface area contributed by atoms with Gasteiger partial charge in [0, 0.05) is 25.1 Å². The van der Waals surface area contributed by atoms with Crippen LogP contribution in [0.2, 0.25) is 0 Å². The maximum Gasteiger partial charge on any atom is 0.433 e. The van der Waals surface area contributed by atoms with Gasteiger partial charge in [0.25, 0.3) is 5.91 Å². The summed E-state index contributed by atoms with van der Waals surface area (Å²) in [6.45, 7) is 0.271. The highest BCUT2D eigenvalue weighted by Crippen LogP contribution is 2.39. The van der Waals surface area contributed by atoms with Crippen LogP contribution >= 0.6 is 0 Å². The van der Waals surface area contributed by atoms with Gasteiger partial charge in [0.2, 0.25) is 0 Å². The van der Waals surface area contributed by atoms with Crippen molar-refractivity contribution in [2.75, 3.05) is 0 Å². The Hall–Kier alpha value is -2.44. The maximum atomic E-state index is 12.4. The van der Waals surface area contributed by atoms with E-state index in [2.05, 4.69) is 15.3 Å². The molecule has 120 valence electrons. The third-order valence-corrected chi connectivity index (χ3v) is 3.63. The van der Waals surface area contributed by atoms with Crippen LogP contribution in [0.1, 0.15) is 45.9 Å². The molecule has 2 heterocycles. The van der Waals surface area contributed by atoms with E-state index in [-0.39, 0.29) is 12.1 Å². The topological polar surface area (TPSA) is 54.9 Å². The second-order valence-corrected chi connectivity index (χ2v) is 5.51. The molecule has 1 aliphatic rings. The zero-order chi connectivity index (χ0) is 16.4. The molecule has 0 atom stereocenters. The van der Waals surface area contributed by atoms with E-state index < -0.39 is 17.8 Å². The summed E-state index contributed by atoms with van der Waals surface area (Å²) < 4.78 is 37.3. The van der Waals surface area contributed by atoms with Crippen LogP contribution < -0.4 is 5.32 Å². The van der Waals surface area contributed by atoms with Crippen molar-refractivity contribution in [1.29, 1.82) is 0 Å². The number of halogens is 3. The number of alkyl halides is 3. The molecule has 0 aliphatic heterocycles. The average molecular weight is 321 g/mol. The molecule has 2 aromatic heterocycles. The van der Waals surface area contributed by atoms with Gasteiger partial charge in [-0.15, -0.1) is 0 Å². The summed E-state index contributed by atoms with van der Waals surface area (Å²) >= 11 is 0. The quantitative estimate of drug-likeness (QED) is 0.940. The van der Waals surface area contributed by atoms with E-state index in [0.29, 0.717) is 5.92 Å². The number of amides is 1. The van der Waals surface area contributed by atoms with Crippen LogP contribution in [-0.2, 0) is 12.7 Å². The van der Waals surface area contributed by atoms with E-state index in [9.17, 15) is 18.0 Å². The summed E-state index contributed by atoms with van der Waals surface area (Å²) in [5, 5.41) is 2.66.